The molecule has 8 nitrogen and oxygen atoms in total. The molecule has 0 radical (unpaired) electrons. The van der Waals surface area contributed by atoms with Crippen molar-refractivity contribution in [2.45, 2.75) is 40.3 Å². The molecule has 3 rings (SSSR count). The van der Waals surface area contributed by atoms with Crippen molar-refractivity contribution in [1.29, 1.82) is 0 Å². The molecule has 2 aromatic heterocycles. The summed E-state index contributed by atoms with van der Waals surface area (Å²) in [6, 6.07) is 3.84. The lowest BCUT2D eigenvalue weighted by molar-refractivity contribution is 0.0380. The van der Waals surface area contributed by atoms with Crippen molar-refractivity contribution in [2.24, 2.45) is 5.41 Å². The van der Waals surface area contributed by atoms with Crippen molar-refractivity contribution >= 4 is 13.3 Å². The third-order valence-corrected chi connectivity index (χ3v) is 6.72. The summed E-state index contributed by atoms with van der Waals surface area (Å²) in [4.78, 5) is 11.6. The molecule has 1 saturated heterocycles. The van der Waals surface area contributed by atoms with Crippen LogP contribution in [0.5, 0.6) is 5.88 Å². The Morgan fingerprint density at radius 1 is 1.26 bits per heavy atom. The van der Waals surface area contributed by atoms with E-state index in [-0.39, 0.29) is 17.8 Å². The number of anilines is 1. The van der Waals surface area contributed by atoms with E-state index in [1.807, 2.05) is 39.8 Å². The zero-order chi connectivity index (χ0) is 19.8. The third-order valence-electron chi connectivity index (χ3n) is 4.56. The summed E-state index contributed by atoms with van der Waals surface area (Å²) in [6.07, 6.45) is 0. The van der Waals surface area contributed by atoms with Crippen LogP contribution < -0.4 is 5.32 Å². The van der Waals surface area contributed by atoms with Gasteiger partial charge in [-0.05, 0) is 32.9 Å². The van der Waals surface area contributed by atoms with E-state index in [0.717, 1.165) is 17.1 Å². The minimum atomic E-state index is -3.48. The Hall–Kier alpha value is -1.89. The third kappa shape index (κ3) is 4.34. The van der Waals surface area contributed by atoms with Crippen molar-refractivity contribution in [1.82, 2.24) is 15.0 Å². The van der Waals surface area contributed by atoms with E-state index in [0.29, 0.717) is 24.7 Å². The number of aromatic nitrogens is 3. The van der Waals surface area contributed by atoms with Gasteiger partial charge < -0.3 is 24.5 Å². The molecule has 1 aliphatic heterocycles. The fraction of sp³-hybridized carbons (Fsp3) is 0.556. The van der Waals surface area contributed by atoms with E-state index in [2.05, 4.69) is 20.3 Å². The minimum Gasteiger partial charge on any atom is -0.492 e. The molecule has 2 aromatic rings. The average molecular weight is 394 g/mol. The second kappa shape index (κ2) is 7.26. The van der Waals surface area contributed by atoms with Crippen LogP contribution >= 0.6 is 7.60 Å². The maximum atomic E-state index is 13.5. The normalized spacial score (nSPS) is 19.6. The summed E-state index contributed by atoms with van der Waals surface area (Å²) in [7, 11) is -3.48. The first-order valence-electron chi connectivity index (χ1n) is 8.92. The van der Waals surface area contributed by atoms with Gasteiger partial charge in [0.1, 0.15) is 11.5 Å². The smallest absolute Gasteiger partial charge is 0.343 e. The quantitative estimate of drug-likeness (QED) is 0.661. The molecule has 1 atom stereocenters. The number of aryl methyl sites for hydroxylation is 3. The van der Waals surface area contributed by atoms with Crippen LogP contribution in [0.15, 0.2) is 12.1 Å². The Morgan fingerprint density at radius 2 is 1.93 bits per heavy atom. The number of H-pyrrole nitrogens is 1. The number of nitrogens with zero attached hydrogens (tertiary/aromatic N) is 2. The van der Waals surface area contributed by atoms with Crippen LogP contribution in [-0.2, 0) is 13.6 Å². The highest BCUT2D eigenvalue weighted by molar-refractivity contribution is 7.54. The number of aromatic hydroxyl groups is 1. The number of aromatic amines is 1. The maximum Gasteiger partial charge on any atom is 0.343 e. The van der Waals surface area contributed by atoms with Gasteiger partial charge in [0.2, 0.25) is 5.88 Å². The van der Waals surface area contributed by atoms with Crippen LogP contribution in [-0.4, -0.2) is 39.8 Å². The van der Waals surface area contributed by atoms with E-state index in [1.165, 1.54) is 0 Å². The summed E-state index contributed by atoms with van der Waals surface area (Å²) in [5.74, 6) is 0.255. The topological polar surface area (TPSA) is 109 Å². The molecule has 1 fully saturated rings. The van der Waals surface area contributed by atoms with Crippen LogP contribution in [0.3, 0.4) is 0 Å². The highest BCUT2D eigenvalue weighted by atomic mass is 31.2. The number of imidazole rings is 1. The lowest BCUT2D eigenvalue weighted by Crippen LogP contribution is -2.32. The number of hydrogen-bond acceptors (Lipinski definition) is 7. The summed E-state index contributed by atoms with van der Waals surface area (Å²) >= 11 is 0. The second-order valence-corrected chi connectivity index (χ2v) is 10.0. The maximum absolute atomic E-state index is 13.5. The summed E-state index contributed by atoms with van der Waals surface area (Å²) < 4.78 is 24.9. The molecule has 0 aromatic carbocycles. The minimum absolute atomic E-state index is 0.118. The van der Waals surface area contributed by atoms with Crippen molar-refractivity contribution in [3.8, 4) is 5.88 Å². The lowest BCUT2D eigenvalue weighted by Gasteiger charge is -2.37. The first-order chi connectivity index (χ1) is 12.6. The SMILES string of the molecule is Cc1ccc(NCC(c2nc(O)c(C)[nH]2)P2(=O)OCC(C)(C)CO2)c(C)n1. The van der Waals surface area contributed by atoms with Gasteiger partial charge in [-0.25, -0.2) is 0 Å². The summed E-state index contributed by atoms with van der Waals surface area (Å²) in [5, 5.41) is 13.1. The number of nitrogens with one attached hydrogen (secondary N) is 2. The van der Waals surface area contributed by atoms with Gasteiger partial charge in [-0.1, -0.05) is 13.8 Å². The average Bonchev–Trinajstić information content (AvgIpc) is 2.91. The van der Waals surface area contributed by atoms with Gasteiger partial charge in [0.05, 0.1) is 30.3 Å². The molecule has 27 heavy (non-hydrogen) atoms. The molecule has 0 bridgehead atoms. The molecular weight excluding hydrogens is 367 g/mol. The predicted octanol–water partition coefficient (Wildman–Crippen LogP) is 3.85. The van der Waals surface area contributed by atoms with Gasteiger partial charge in [0, 0.05) is 17.7 Å². The van der Waals surface area contributed by atoms with Gasteiger partial charge in [-0.3, -0.25) is 9.55 Å². The molecular formula is C18H27N4O4P. The zero-order valence-electron chi connectivity index (χ0n) is 16.4. The summed E-state index contributed by atoms with van der Waals surface area (Å²) in [6.45, 7) is 10.4. The molecule has 3 N–H and O–H groups in total. The Balaban J connectivity index is 1.87. The number of pyridine rings is 1. The molecule has 1 aliphatic rings. The highest BCUT2D eigenvalue weighted by Gasteiger charge is 2.45. The van der Waals surface area contributed by atoms with Gasteiger partial charge in [-0.15, -0.1) is 0 Å². The second-order valence-electron chi connectivity index (χ2n) is 7.80. The zero-order valence-corrected chi connectivity index (χ0v) is 17.3. The molecule has 0 aliphatic carbocycles. The van der Waals surface area contributed by atoms with Crippen molar-refractivity contribution < 1.29 is 18.7 Å². The monoisotopic (exact) mass is 394 g/mol. The first kappa shape index (κ1) is 19.9. The van der Waals surface area contributed by atoms with Crippen molar-refractivity contribution in [3.05, 3.63) is 35.0 Å². The van der Waals surface area contributed by atoms with Gasteiger partial charge >= 0.3 is 7.60 Å². The van der Waals surface area contributed by atoms with Gasteiger partial charge in [0.25, 0.3) is 0 Å². The Kier molecular flexibility index (Phi) is 5.34. The van der Waals surface area contributed by atoms with E-state index in [4.69, 9.17) is 9.05 Å². The van der Waals surface area contributed by atoms with Gasteiger partial charge in [-0.2, -0.15) is 4.98 Å². The highest BCUT2D eigenvalue weighted by Crippen LogP contribution is 2.63. The standard InChI is InChI=1S/C18H27N4O4P/c1-11-6-7-14(12(2)20-11)19-8-15(16-21-13(3)17(23)22-16)27(24)25-9-18(4,5)10-26-27/h6-7,15,19,23H,8-10H2,1-5H3,(H,21,22). The molecule has 0 saturated carbocycles. The predicted molar refractivity (Wildman–Crippen MR) is 103 cm³/mol. The Morgan fingerprint density at radius 3 is 2.48 bits per heavy atom. The van der Waals surface area contributed by atoms with Crippen LogP contribution in [0.2, 0.25) is 0 Å². The van der Waals surface area contributed by atoms with Gasteiger partial charge in [0.15, 0.2) is 0 Å². The first-order valence-corrected chi connectivity index (χ1v) is 10.5. The molecule has 0 amide bonds. The Labute approximate surface area is 159 Å². The largest absolute Gasteiger partial charge is 0.492 e. The van der Waals surface area contributed by atoms with E-state index >= 15 is 0 Å². The molecule has 148 valence electrons. The molecule has 0 spiro atoms. The van der Waals surface area contributed by atoms with Crippen LogP contribution in [0.4, 0.5) is 5.69 Å². The van der Waals surface area contributed by atoms with E-state index in [1.54, 1.807) is 6.92 Å². The number of hydrogen-bond donors (Lipinski definition) is 3. The fourth-order valence-corrected chi connectivity index (χ4v) is 5.09. The van der Waals surface area contributed by atoms with Crippen LogP contribution in [0.25, 0.3) is 0 Å². The molecule has 3 heterocycles. The van der Waals surface area contributed by atoms with E-state index in [9.17, 15) is 9.67 Å². The Bertz CT molecular complexity index is 847. The van der Waals surface area contributed by atoms with Crippen LogP contribution in [0.1, 0.15) is 42.4 Å². The lowest BCUT2D eigenvalue weighted by atomic mass is 9.97. The van der Waals surface area contributed by atoms with E-state index < -0.39 is 13.3 Å². The number of rotatable bonds is 5. The van der Waals surface area contributed by atoms with Crippen molar-refractivity contribution in [3.63, 3.8) is 0 Å². The molecule has 9 heteroatoms. The van der Waals surface area contributed by atoms with Crippen LogP contribution in [0, 0.1) is 26.2 Å². The summed E-state index contributed by atoms with van der Waals surface area (Å²) in [5.41, 5.74) is 2.22. The van der Waals surface area contributed by atoms with Crippen molar-refractivity contribution in [2.75, 3.05) is 25.1 Å². The molecule has 1 unspecified atom stereocenters. The fourth-order valence-electron chi connectivity index (χ4n) is 2.86.